The lowest BCUT2D eigenvalue weighted by Gasteiger charge is -2.34. The summed E-state index contributed by atoms with van der Waals surface area (Å²) in [4.78, 5) is 19.5. The van der Waals surface area contributed by atoms with E-state index in [4.69, 9.17) is 0 Å². The maximum Gasteiger partial charge on any atom is 0.257 e. The second-order valence-electron chi connectivity index (χ2n) is 7.46. The molecule has 0 spiro atoms. The Hall–Kier alpha value is -2.11. The molecule has 25 heavy (non-hydrogen) atoms. The second-order valence-corrected chi connectivity index (χ2v) is 7.46. The lowest BCUT2D eigenvalue weighted by Crippen LogP contribution is -2.41. The third-order valence-corrected chi connectivity index (χ3v) is 5.85. The molecular weight excluding hydrogens is 314 g/mol. The van der Waals surface area contributed by atoms with Crippen LogP contribution in [0.1, 0.15) is 78.8 Å². The lowest BCUT2D eigenvalue weighted by atomic mass is 9.85. The van der Waals surface area contributed by atoms with Crippen LogP contribution in [0.15, 0.2) is 18.6 Å². The summed E-state index contributed by atoms with van der Waals surface area (Å²) in [5.74, 6) is 1.62. The van der Waals surface area contributed by atoms with Crippen molar-refractivity contribution in [1.29, 1.82) is 0 Å². The van der Waals surface area contributed by atoms with E-state index in [0.717, 1.165) is 43.0 Å². The summed E-state index contributed by atoms with van der Waals surface area (Å²) in [6.45, 7) is 3.61. The first-order chi connectivity index (χ1) is 12.2. The number of carbonyl (C=O) groups is 1. The molecule has 2 aliphatic rings. The summed E-state index contributed by atoms with van der Waals surface area (Å²) in [7, 11) is 0. The van der Waals surface area contributed by atoms with Crippen molar-refractivity contribution in [2.75, 3.05) is 13.1 Å². The van der Waals surface area contributed by atoms with Gasteiger partial charge in [-0.1, -0.05) is 19.3 Å². The molecule has 0 radical (unpaired) electrons. The molecule has 1 aliphatic carbocycles. The molecule has 6 nitrogen and oxygen atoms in total. The first-order valence-electron chi connectivity index (χ1n) is 9.56. The number of carbonyl (C=O) groups excluding carboxylic acids is 1. The van der Waals surface area contributed by atoms with E-state index < -0.39 is 0 Å². The summed E-state index contributed by atoms with van der Waals surface area (Å²) >= 11 is 0. The van der Waals surface area contributed by atoms with Gasteiger partial charge in [-0.15, -0.1) is 0 Å². The van der Waals surface area contributed by atoms with Crippen molar-refractivity contribution in [1.82, 2.24) is 24.6 Å². The largest absolute Gasteiger partial charge is 0.336 e. The quantitative estimate of drug-likeness (QED) is 0.930. The fraction of sp³-hybridized carbons (Fsp3) is 0.632. The zero-order chi connectivity index (χ0) is 17.2. The van der Waals surface area contributed by atoms with E-state index in [2.05, 4.69) is 19.7 Å². The molecule has 0 bridgehead atoms. The van der Waals surface area contributed by atoms with Gasteiger partial charge >= 0.3 is 0 Å². The van der Waals surface area contributed by atoms with E-state index in [9.17, 15) is 4.79 Å². The maximum atomic E-state index is 13.2. The third-order valence-electron chi connectivity index (χ3n) is 5.85. The van der Waals surface area contributed by atoms with Gasteiger partial charge < -0.3 is 9.47 Å². The molecule has 4 rings (SSSR count). The summed E-state index contributed by atoms with van der Waals surface area (Å²) in [6, 6.07) is 0.324. The van der Waals surface area contributed by atoms with Crippen LogP contribution in [0, 0.1) is 6.92 Å². The average molecular weight is 341 g/mol. The van der Waals surface area contributed by atoms with Crippen molar-refractivity contribution >= 4 is 5.91 Å². The topological polar surface area (TPSA) is 66.8 Å². The van der Waals surface area contributed by atoms with Crippen molar-refractivity contribution in [3.05, 3.63) is 35.7 Å². The molecule has 1 amide bonds. The molecule has 0 aromatic carbocycles. The Bertz CT molecular complexity index is 728. The van der Waals surface area contributed by atoms with Crippen molar-refractivity contribution in [3.8, 4) is 0 Å². The highest BCUT2D eigenvalue weighted by Gasteiger charge is 2.30. The first-order valence-corrected chi connectivity index (χ1v) is 9.56. The number of amides is 1. The predicted octanol–water partition coefficient (Wildman–Crippen LogP) is 3.44. The Labute approximate surface area is 148 Å². The van der Waals surface area contributed by atoms with E-state index in [1.165, 1.54) is 32.1 Å². The van der Waals surface area contributed by atoms with Crippen LogP contribution < -0.4 is 0 Å². The Balaban J connectivity index is 1.51. The minimum Gasteiger partial charge on any atom is -0.336 e. The lowest BCUT2D eigenvalue weighted by molar-refractivity contribution is 0.0676. The molecule has 6 heteroatoms. The molecule has 2 aromatic rings. The monoisotopic (exact) mass is 341 g/mol. The number of likely N-dealkylation sites (tertiary alicyclic amines) is 1. The summed E-state index contributed by atoms with van der Waals surface area (Å²) in [6.07, 6.45) is 13.9. The Morgan fingerprint density at radius 1 is 1.20 bits per heavy atom. The number of piperidine rings is 1. The standard InChI is InChI=1S/C19H27N5O/c1-14-20-9-11-24(14)16-8-5-10-23(13-16)19(25)17-12-21-22-18(17)15-6-3-2-4-7-15/h9,11-12,15-16H,2-8,10,13H2,1H3,(H,21,22)/t16-/m1/s1. The van der Waals surface area contributed by atoms with Crippen LogP contribution in [-0.2, 0) is 0 Å². The van der Waals surface area contributed by atoms with Gasteiger partial charge in [-0.05, 0) is 32.6 Å². The van der Waals surface area contributed by atoms with E-state index in [0.29, 0.717) is 12.0 Å². The van der Waals surface area contributed by atoms with E-state index in [1.807, 2.05) is 24.2 Å². The number of aromatic amines is 1. The van der Waals surface area contributed by atoms with E-state index >= 15 is 0 Å². The third kappa shape index (κ3) is 3.22. The number of nitrogens with one attached hydrogen (secondary N) is 1. The van der Waals surface area contributed by atoms with Crippen LogP contribution in [0.2, 0.25) is 0 Å². The highest BCUT2D eigenvalue weighted by Crippen LogP contribution is 2.34. The Morgan fingerprint density at radius 3 is 2.80 bits per heavy atom. The van der Waals surface area contributed by atoms with Gasteiger partial charge in [0.2, 0.25) is 0 Å². The molecular formula is C19H27N5O. The summed E-state index contributed by atoms with van der Waals surface area (Å²) in [5.41, 5.74) is 1.85. The van der Waals surface area contributed by atoms with Crippen LogP contribution in [0.25, 0.3) is 0 Å². The number of nitrogens with zero attached hydrogens (tertiary/aromatic N) is 4. The Morgan fingerprint density at radius 2 is 2.04 bits per heavy atom. The number of rotatable bonds is 3. The number of aryl methyl sites for hydroxylation is 1. The van der Waals surface area contributed by atoms with Crippen LogP contribution in [0.3, 0.4) is 0 Å². The smallest absolute Gasteiger partial charge is 0.257 e. The average Bonchev–Trinajstić information content (AvgIpc) is 3.31. The minimum atomic E-state index is 0.136. The fourth-order valence-corrected chi connectivity index (χ4v) is 4.48. The molecule has 1 N–H and O–H groups in total. The van der Waals surface area contributed by atoms with Gasteiger partial charge in [0.1, 0.15) is 5.82 Å². The normalized spacial score (nSPS) is 22.3. The molecule has 1 aliphatic heterocycles. The van der Waals surface area contributed by atoms with Crippen LogP contribution in [0.5, 0.6) is 0 Å². The predicted molar refractivity (Wildman–Crippen MR) is 95.6 cm³/mol. The Kier molecular flexibility index (Phi) is 4.59. The highest BCUT2D eigenvalue weighted by atomic mass is 16.2. The van der Waals surface area contributed by atoms with Crippen LogP contribution >= 0.6 is 0 Å². The second kappa shape index (κ2) is 7.02. The zero-order valence-corrected chi connectivity index (χ0v) is 14.9. The molecule has 2 aromatic heterocycles. The van der Waals surface area contributed by atoms with Crippen molar-refractivity contribution in [2.45, 2.75) is 63.8 Å². The van der Waals surface area contributed by atoms with Gasteiger partial charge in [0, 0.05) is 31.4 Å². The minimum absolute atomic E-state index is 0.136. The number of imidazole rings is 1. The molecule has 3 heterocycles. The van der Waals surface area contributed by atoms with Crippen molar-refractivity contribution < 1.29 is 4.79 Å². The van der Waals surface area contributed by atoms with Gasteiger partial charge in [-0.25, -0.2) is 4.98 Å². The van der Waals surface area contributed by atoms with E-state index in [-0.39, 0.29) is 5.91 Å². The number of hydrogen-bond acceptors (Lipinski definition) is 3. The molecule has 1 atom stereocenters. The number of H-pyrrole nitrogens is 1. The van der Waals surface area contributed by atoms with Crippen molar-refractivity contribution in [3.63, 3.8) is 0 Å². The molecule has 0 unspecified atom stereocenters. The molecule has 1 saturated heterocycles. The van der Waals surface area contributed by atoms with Gasteiger partial charge in [-0.2, -0.15) is 5.10 Å². The fourth-order valence-electron chi connectivity index (χ4n) is 4.48. The molecule has 1 saturated carbocycles. The number of aromatic nitrogens is 4. The first kappa shape index (κ1) is 16.4. The highest BCUT2D eigenvalue weighted by molar-refractivity contribution is 5.95. The summed E-state index contributed by atoms with van der Waals surface area (Å²) in [5, 5.41) is 7.34. The molecule has 134 valence electrons. The summed E-state index contributed by atoms with van der Waals surface area (Å²) < 4.78 is 2.21. The van der Waals surface area contributed by atoms with Gasteiger partial charge in [0.25, 0.3) is 5.91 Å². The zero-order valence-electron chi connectivity index (χ0n) is 14.9. The number of hydrogen-bond donors (Lipinski definition) is 1. The van der Waals surface area contributed by atoms with Gasteiger partial charge in [-0.3, -0.25) is 9.89 Å². The maximum absolute atomic E-state index is 13.2. The van der Waals surface area contributed by atoms with Crippen LogP contribution in [-0.4, -0.2) is 43.6 Å². The molecule has 2 fully saturated rings. The van der Waals surface area contributed by atoms with Gasteiger partial charge in [0.05, 0.1) is 23.5 Å². The van der Waals surface area contributed by atoms with E-state index in [1.54, 1.807) is 6.20 Å². The van der Waals surface area contributed by atoms with Crippen LogP contribution in [0.4, 0.5) is 0 Å². The van der Waals surface area contributed by atoms with Gasteiger partial charge in [0.15, 0.2) is 0 Å². The van der Waals surface area contributed by atoms with Crippen molar-refractivity contribution in [2.24, 2.45) is 0 Å². The SMILES string of the molecule is Cc1nccn1[C@@H]1CCCN(C(=O)c2cn[nH]c2C2CCCCC2)C1.